The average Bonchev–Trinajstić information content (AvgIpc) is 2.77. The molecule has 1 aliphatic carbocycles. The van der Waals surface area contributed by atoms with E-state index < -0.39 is 24.7 Å². The molecular weight excluding hydrogens is 368 g/mol. The van der Waals surface area contributed by atoms with E-state index in [1.54, 1.807) is 0 Å². The molecule has 0 heterocycles. The second-order valence-corrected chi connectivity index (χ2v) is 25.7. The lowest BCUT2D eigenvalue weighted by molar-refractivity contribution is 0.132. The molecule has 152 valence electrons. The molecule has 2 nitrogen and oxygen atoms in total. The molecule has 4 atom stereocenters. The molecule has 1 aliphatic rings. The van der Waals surface area contributed by atoms with Crippen molar-refractivity contribution in [3.63, 3.8) is 0 Å². The van der Waals surface area contributed by atoms with E-state index in [9.17, 15) is 0 Å². The number of hydrogen-bond donors (Lipinski definition) is 0. The smallest absolute Gasteiger partial charge is 0.183 e. The maximum absolute atomic E-state index is 6.38. The fourth-order valence-corrected chi connectivity index (χ4v) is 5.80. The standard InChI is InChI=1S/C21H44O2Si3/c1-11-18-15-19(13-12-14-24(2,3)4)21(17-23-26(8,9)10)20(18)16-22-25(5,6)7/h11-13,18-21H,1,14-17H2,2-10H3/t18-,19+,20-,21+/m0/s1. The molecule has 5 heteroatoms. The first-order chi connectivity index (χ1) is 11.7. The van der Waals surface area contributed by atoms with Gasteiger partial charge in [0.1, 0.15) is 0 Å². The summed E-state index contributed by atoms with van der Waals surface area (Å²) < 4.78 is 12.7. The van der Waals surface area contributed by atoms with Gasteiger partial charge in [-0.25, -0.2) is 0 Å². The summed E-state index contributed by atoms with van der Waals surface area (Å²) in [7, 11) is -4.05. The molecule has 1 fully saturated rings. The van der Waals surface area contributed by atoms with Crippen LogP contribution in [-0.2, 0) is 8.85 Å². The minimum atomic E-state index is -1.51. The summed E-state index contributed by atoms with van der Waals surface area (Å²) in [4.78, 5) is 0. The first kappa shape index (κ1) is 24.1. The molecule has 26 heavy (non-hydrogen) atoms. The van der Waals surface area contributed by atoms with Crippen LogP contribution in [0.4, 0.5) is 0 Å². The van der Waals surface area contributed by atoms with Crippen molar-refractivity contribution in [2.45, 2.75) is 71.4 Å². The Morgan fingerprint density at radius 3 is 1.65 bits per heavy atom. The molecule has 1 saturated carbocycles. The zero-order valence-electron chi connectivity index (χ0n) is 18.9. The third-order valence-electron chi connectivity index (χ3n) is 5.03. The van der Waals surface area contributed by atoms with E-state index in [-0.39, 0.29) is 0 Å². The molecule has 0 bridgehead atoms. The zero-order chi connectivity index (χ0) is 20.2. The van der Waals surface area contributed by atoms with Crippen LogP contribution in [-0.4, -0.2) is 37.9 Å². The Balaban J connectivity index is 2.93. The molecule has 0 spiro atoms. The first-order valence-corrected chi connectivity index (χ1v) is 20.8. The van der Waals surface area contributed by atoms with Crippen LogP contribution in [0.2, 0.25) is 65.0 Å². The number of hydrogen-bond acceptors (Lipinski definition) is 2. The van der Waals surface area contributed by atoms with E-state index in [2.05, 4.69) is 83.7 Å². The van der Waals surface area contributed by atoms with Crippen LogP contribution >= 0.6 is 0 Å². The maximum Gasteiger partial charge on any atom is 0.183 e. The van der Waals surface area contributed by atoms with Gasteiger partial charge in [-0.15, -0.1) is 6.58 Å². The Morgan fingerprint density at radius 1 is 0.808 bits per heavy atom. The van der Waals surface area contributed by atoms with Gasteiger partial charge in [0.2, 0.25) is 0 Å². The molecule has 0 aliphatic heterocycles. The van der Waals surface area contributed by atoms with Gasteiger partial charge in [0.05, 0.1) is 0 Å². The predicted molar refractivity (Wildman–Crippen MR) is 125 cm³/mol. The van der Waals surface area contributed by atoms with Gasteiger partial charge in [0.25, 0.3) is 0 Å². The van der Waals surface area contributed by atoms with Gasteiger partial charge in [-0.05, 0) is 75.4 Å². The molecule has 0 unspecified atom stereocenters. The second-order valence-electron chi connectivity index (χ2n) is 11.2. The van der Waals surface area contributed by atoms with Crippen molar-refractivity contribution in [3.05, 3.63) is 24.8 Å². The highest BCUT2D eigenvalue weighted by Crippen LogP contribution is 2.44. The summed E-state index contributed by atoms with van der Waals surface area (Å²) in [6, 6.07) is 1.26. The van der Waals surface area contributed by atoms with Crippen molar-refractivity contribution in [1.82, 2.24) is 0 Å². The van der Waals surface area contributed by atoms with Crippen LogP contribution in [0, 0.1) is 23.7 Å². The fraction of sp³-hybridized carbons (Fsp3) is 0.810. The predicted octanol–water partition coefficient (Wildman–Crippen LogP) is 6.64. The quantitative estimate of drug-likeness (QED) is 0.296. The van der Waals surface area contributed by atoms with Crippen molar-refractivity contribution < 1.29 is 8.85 Å². The van der Waals surface area contributed by atoms with Crippen molar-refractivity contribution in [2.75, 3.05) is 13.2 Å². The average molecular weight is 413 g/mol. The van der Waals surface area contributed by atoms with Crippen molar-refractivity contribution in [3.8, 4) is 0 Å². The van der Waals surface area contributed by atoms with Crippen molar-refractivity contribution in [2.24, 2.45) is 23.7 Å². The van der Waals surface area contributed by atoms with E-state index in [0.29, 0.717) is 23.7 Å². The van der Waals surface area contributed by atoms with Crippen LogP contribution < -0.4 is 0 Å². The highest BCUT2D eigenvalue weighted by atomic mass is 28.4. The highest BCUT2D eigenvalue weighted by Gasteiger charge is 2.42. The van der Waals surface area contributed by atoms with Gasteiger partial charge in [-0.1, -0.05) is 37.9 Å². The summed E-state index contributed by atoms with van der Waals surface area (Å²) in [5, 5.41) is 0. The van der Waals surface area contributed by atoms with E-state index in [4.69, 9.17) is 8.85 Å². The van der Waals surface area contributed by atoms with Crippen LogP contribution in [0.25, 0.3) is 0 Å². The molecular formula is C21H44O2Si3. The molecule has 0 amide bonds. The molecule has 1 rings (SSSR count). The monoisotopic (exact) mass is 412 g/mol. The number of rotatable bonds is 10. The highest BCUT2D eigenvalue weighted by molar-refractivity contribution is 6.76. The third-order valence-corrected chi connectivity index (χ3v) is 8.55. The summed E-state index contributed by atoms with van der Waals surface area (Å²) in [6.07, 6.45) is 8.33. The van der Waals surface area contributed by atoms with E-state index in [1.807, 2.05) is 0 Å². The summed E-state index contributed by atoms with van der Waals surface area (Å²) in [5.41, 5.74) is 0. The summed E-state index contributed by atoms with van der Waals surface area (Å²) in [5.74, 6) is 2.24. The molecule has 0 saturated heterocycles. The summed E-state index contributed by atoms with van der Waals surface area (Å²) >= 11 is 0. The lowest BCUT2D eigenvalue weighted by Crippen LogP contribution is -2.35. The number of allylic oxidation sites excluding steroid dienone is 3. The Bertz CT molecular complexity index is 469. The second kappa shape index (κ2) is 9.50. The minimum Gasteiger partial charge on any atom is -0.417 e. The zero-order valence-corrected chi connectivity index (χ0v) is 21.9. The molecule has 0 N–H and O–H groups in total. The molecule has 0 aromatic carbocycles. The lowest BCUT2D eigenvalue weighted by atomic mass is 9.88. The van der Waals surface area contributed by atoms with Gasteiger partial charge in [0, 0.05) is 21.3 Å². The SMILES string of the molecule is C=C[C@H]1C[C@@H](C=CC[Si](C)(C)C)[C@@H](CO[Si](C)(C)C)[C@H]1CO[Si](C)(C)C. The Morgan fingerprint density at radius 2 is 1.27 bits per heavy atom. The molecule has 0 aromatic heterocycles. The largest absolute Gasteiger partial charge is 0.417 e. The normalized spacial score (nSPS) is 28.0. The van der Waals surface area contributed by atoms with Gasteiger partial charge in [-0.2, -0.15) is 0 Å². The van der Waals surface area contributed by atoms with Gasteiger partial charge in [-0.3, -0.25) is 0 Å². The van der Waals surface area contributed by atoms with Gasteiger partial charge >= 0.3 is 0 Å². The van der Waals surface area contributed by atoms with Crippen LogP contribution in [0.3, 0.4) is 0 Å². The van der Waals surface area contributed by atoms with Crippen LogP contribution in [0.1, 0.15) is 6.42 Å². The maximum atomic E-state index is 6.38. The molecule has 0 radical (unpaired) electrons. The minimum absolute atomic E-state index is 0.539. The Kier molecular flexibility index (Phi) is 8.80. The van der Waals surface area contributed by atoms with Crippen LogP contribution in [0.5, 0.6) is 0 Å². The lowest BCUT2D eigenvalue weighted by Gasteiger charge is -2.30. The van der Waals surface area contributed by atoms with Gasteiger partial charge in [0.15, 0.2) is 16.6 Å². The van der Waals surface area contributed by atoms with Crippen molar-refractivity contribution >= 4 is 24.7 Å². The Labute approximate surface area is 166 Å². The van der Waals surface area contributed by atoms with E-state index >= 15 is 0 Å². The third kappa shape index (κ3) is 9.31. The molecule has 0 aromatic rings. The van der Waals surface area contributed by atoms with Gasteiger partial charge < -0.3 is 8.85 Å². The Hall–Kier alpha value is 0.0506. The summed E-state index contributed by atoms with van der Waals surface area (Å²) in [6.45, 7) is 26.9. The first-order valence-electron chi connectivity index (χ1n) is 10.3. The van der Waals surface area contributed by atoms with Crippen molar-refractivity contribution in [1.29, 1.82) is 0 Å². The van der Waals surface area contributed by atoms with Crippen LogP contribution in [0.15, 0.2) is 24.8 Å². The fourth-order valence-electron chi connectivity index (χ4n) is 3.57. The van der Waals surface area contributed by atoms with E-state index in [0.717, 1.165) is 13.2 Å². The topological polar surface area (TPSA) is 18.5 Å². The van der Waals surface area contributed by atoms with E-state index in [1.165, 1.54) is 12.5 Å².